The molecule has 0 spiro atoms. The van der Waals surface area contributed by atoms with Crippen molar-refractivity contribution in [3.63, 3.8) is 0 Å². The Morgan fingerprint density at radius 1 is 1.18 bits per heavy atom. The number of hydrogen-bond donors (Lipinski definition) is 1. The van der Waals surface area contributed by atoms with E-state index in [1.807, 2.05) is 12.1 Å². The van der Waals surface area contributed by atoms with Crippen molar-refractivity contribution in [1.82, 2.24) is 5.32 Å². The van der Waals surface area contributed by atoms with Crippen LogP contribution in [0.1, 0.15) is 21.5 Å². The van der Waals surface area contributed by atoms with Crippen LogP contribution in [-0.2, 0) is 16.4 Å². The second-order valence-corrected chi connectivity index (χ2v) is 6.81. The van der Waals surface area contributed by atoms with Gasteiger partial charge >= 0.3 is 0 Å². The van der Waals surface area contributed by atoms with Gasteiger partial charge in [-0.2, -0.15) is 5.26 Å². The third-order valence-electron chi connectivity index (χ3n) is 3.05. The van der Waals surface area contributed by atoms with Gasteiger partial charge in [-0.3, -0.25) is 4.79 Å². The van der Waals surface area contributed by atoms with E-state index in [4.69, 9.17) is 5.26 Å². The Morgan fingerprint density at radius 2 is 1.86 bits per heavy atom. The van der Waals surface area contributed by atoms with Gasteiger partial charge in [-0.1, -0.05) is 12.1 Å². The molecule has 0 saturated heterocycles. The van der Waals surface area contributed by atoms with Crippen molar-refractivity contribution in [2.45, 2.75) is 11.4 Å². The fourth-order valence-electron chi connectivity index (χ4n) is 1.89. The topological polar surface area (TPSA) is 87.0 Å². The molecule has 0 atom stereocenters. The summed E-state index contributed by atoms with van der Waals surface area (Å²) in [7, 11) is -3.27. The highest BCUT2D eigenvalue weighted by molar-refractivity contribution is 7.90. The van der Waals surface area contributed by atoms with Gasteiger partial charge in [-0.25, -0.2) is 8.42 Å². The minimum atomic E-state index is -3.27. The van der Waals surface area contributed by atoms with Gasteiger partial charge < -0.3 is 5.32 Å². The van der Waals surface area contributed by atoms with E-state index < -0.39 is 9.84 Å². The Bertz CT molecular complexity index is 834. The maximum Gasteiger partial charge on any atom is 0.251 e. The summed E-state index contributed by atoms with van der Waals surface area (Å²) in [5.74, 6) is -0.303. The van der Waals surface area contributed by atoms with E-state index in [-0.39, 0.29) is 10.8 Å². The Kier molecular flexibility index (Phi) is 4.59. The highest BCUT2D eigenvalue weighted by Crippen LogP contribution is 2.10. The number of carbonyl (C=O) groups excluding carboxylic acids is 1. The standard InChI is InChI=1S/C16H14N2O3S/c1-22(20,21)15-7-5-14(6-8-15)16(19)18-11-13-4-2-3-12(9-13)10-17/h2-9H,11H2,1H3,(H,18,19). The van der Waals surface area contributed by atoms with Crippen LogP contribution in [0.2, 0.25) is 0 Å². The monoisotopic (exact) mass is 314 g/mol. The number of rotatable bonds is 4. The molecule has 0 aliphatic rings. The van der Waals surface area contributed by atoms with Gasteiger partial charge in [-0.05, 0) is 42.0 Å². The number of nitrogens with one attached hydrogen (secondary N) is 1. The van der Waals surface area contributed by atoms with Crippen molar-refractivity contribution >= 4 is 15.7 Å². The van der Waals surface area contributed by atoms with Crippen molar-refractivity contribution in [3.05, 3.63) is 65.2 Å². The molecule has 0 aromatic heterocycles. The van der Waals surface area contributed by atoms with E-state index in [1.54, 1.807) is 18.2 Å². The normalized spacial score (nSPS) is 10.7. The van der Waals surface area contributed by atoms with Gasteiger partial charge in [0.2, 0.25) is 0 Å². The number of carbonyl (C=O) groups is 1. The first-order valence-electron chi connectivity index (χ1n) is 6.47. The summed E-state index contributed by atoms with van der Waals surface area (Å²) in [6, 6.07) is 14.7. The molecule has 1 N–H and O–H groups in total. The largest absolute Gasteiger partial charge is 0.348 e. The quantitative estimate of drug-likeness (QED) is 0.933. The Labute approximate surface area is 129 Å². The molecule has 2 rings (SSSR count). The molecule has 0 bridgehead atoms. The Balaban J connectivity index is 2.05. The van der Waals surface area contributed by atoms with Gasteiger partial charge in [0.1, 0.15) is 0 Å². The van der Waals surface area contributed by atoms with Crippen LogP contribution in [0, 0.1) is 11.3 Å². The molecule has 6 heteroatoms. The lowest BCUT2D eigenvalue weighted by Crippen LogP contribution is -2.22. The van der Waals surface area contributed by atoms with E-state index in [0.717, 1.165) is 11.8 Å². The van der Waals surface area contributed by atoms with Crippen LogP contribution in [0.25, 0.3) is 0 Å². The predicted molar refractivity (Wildman–Crippen MR) is 81.9 cm³/mol. The Morgan fingerprint density at radius 3 is 2.45 bits per heavy atom. The first-order chi connectivity index (χ1) is 10.4. The summed E-state index contributed by atoms with van der Waals surface area (Å²) in [6.45, 7) is 0.294. The van der Waals surface area contributed by atoms with E-state index in [0.29, 0.717) is 17.7 Å². The lowest BCUT2D eigenvalue weighted by molar-refractivity contribution is 0.0951. The maximum atomic E-state index is 12.0. The zero-order valence-corrected chi connectivity index (χ0v) is 12.7. The summed E-state index contributed by atoms with van der Waals surface area (Å²) in [5, 5.41) is 11.5. The molecule has 0 fully saturated rings. The van der Waals surface area contributed by atoms with E-state index in [2.05, 4.69) is 5.32 Å². The van der Waals surface area contributed by atoms with Crippen molar-refractivity contribution < 1.29 is 13.2 Å². The maximum absolute atomic E-state index is 12.0. The molecule has 0 saturated carbocycles. The van der Waals surface area contributed by atoms with Gasteiger partial charge in [0.15, 0.2) is 9.84 Å². The van der Waals surface area contributed by atoms with Crippen molar-refractivity contribution in [2.24, 2.45) is 0 Å². The molecule has 0 aliphatic heterocycles. The molecule has 2 aromatic carbocycles. The smallest absolute Gasteiger partial charge is 0.251 e. The summed E-state index contributed by atoms with van der Waals surface area (Å²) < 4.78 is 22.7. The minimum Gasteiger partial charge on any atom is -0.348 e. The molecular weight excluding hydrogens is 300 g/mol. The summed E-state index contributed by atoms with van der Waals surface area (Å²) in [6.07, 6.45) is 1.12. The van der Waals surface area contributed by atoms with Gasteiger partial charge in [0.05, 0.1) is 16.5 Å². The number of sulfone groups is 1. The van der Waals surface area contributed by atoms with Crippen LogP contribution in [-0.4, -0.2) is 20.6 Å². The van der Waals surface area contributed by atoms with Crippen LogP contribution in [0.15, 0.2) is 53.4 Å². The third-order valence-corrected chi connectivity index (χ3v) is 4.18. The summed E-state index contributed by atoms with van der Waals surface area (Å²) >= 11 is 0. The first kappa shape index (κ1) is 15.7. The summed E-state index contributed by atoms with van der Waals surface area (Å²) in [5.41, 5.74) is 1.73. The molecule has 0 heterocycles. The highest BCUT2D eigenvalue weighted by atomic mass is 32.2. The molecule has 1 amide bonds. The van der Waals surface area contributed by atoms with Crippen LogP contribution in [0.5, 0.6) is 0 Å². The van der Waals surface area contributed by atoms with Gasteiger partial charge in [0, 0.05) is 18.4 Å². The number of hydrogen-bond acceptors (Lipinski definition) is 4. The van der Waals surface area contributed by atoms with Crippen LogP contribution in [0.3, 0.4) is 0 Å². The van der Waals surface area contributed by atoms with Gasteiger partial charge in [0.25, 0.3) is 5.91 Å². The Hall–Kier alpha value is -2.65. The van der Waals surface area contributed by atoms with Crippen LogP contribution >= 0.6 is 0 Å². The first-order valence-corrected chi connectivity index (χ1v) is 8.36. The van der Waals surface area contributed by atoms with Crippen LogP contribution in [0.4, 0.5) is 0 Å². The zero-order valence-electron chi connectivity index (χ0n) is 11.9. The molecule has 2 aromatic rings. The number of benzene rings is 2. The lowest BCUT2D eigenvalue weighted by atomic mass is 10.1. The predicted octanol–water partition coefficient (Wildman–Crippen LogP) is 1.89. The molecule has 0 radical (unpaired) electrons. The number of amides is 1. The third kappa shape index (κ3) is 3.93. The molecule has 5 nitrogen and oxygen atoms in total. The highest BCUT2D eigenvalue weighted by Gasteiger charge is 2.09. The molecule has 22 heavy (non-hydrogen) atoms. The summed E-state index contributed by atoms with van der Waals surface area (Å²) in [4.78, 5) is 12.2. The molecule has 0 unspecified atom stereocenters. The van der Waals surface area contributed by atoms with Crippen LogP contribution < -0.4 is 5.32 Å². The van der Waals surface area contributed by atoms with Crippen molar-refractivity contribution in [2.75, 3.05) is 6.26 Å². The molecule has 0 aliphatic carbocycles. The van der Waals surface area contributed by atoms with E-state index in [9.17, 15) is 13.2 Å². The number of nitriles is 1. The SMILES string of the molecule is CS(=O)(=O)c1ccc(C(=O)NCc2cccc(C#N)c2)cc1. The molecular formula is C16H14N2O3S. The fraction of sp³-hybridized carbons (Fsp3) is 0.125. The molecule has 112 valence electrons. The second kappa shape index (κ2) is 6.41. The lowest BCUT2D eigenvalue weighted by Gasteiger charge is -2.06. The zero-order chi connectivity index (χ0) is 16.2. The second-order valence-electron chi connectivity index (χ2n) is 4.79. The van der Waals surface area contributed by atoms with Gasteiger partial charge in [-0.15, -0.1) is 0 Å². The number of nitrogens with zero attached hydrogens (tertiary/aromatic N) is 1. The van der Waals surface area contributed by atoms with Crippen molar-refractivity contribution in [1.29, 1.82) is 5.26 Å². The minimum absolute atomic E-state index is 0.172. The van der Waals surface area contributed by atoms with E-state index in [1.165, 1.54) is 24.3 Å². The fourth-order valence-corrected chi connectivity index (χ4v) is 2.52. The van der Waals surface area contributed by atoms with Crippen molar-refractivity contribution in [3.8, 4) is 6.07 Å². The van der Waals surface area contributed by atoms with E-state index >= 15 is 0 Å². The average Bonchev–Trinajstić information content (AvgIpc) is 2.52. The average molecular weight is 314 g/mol.